The second-order valence-electron chi connectivity index (χ2n) is 7.61. The minimum absolute atomic E-state index is 0.0886. The highest BCUT2D eigenvalue weighted by Crippen LogP contribution is 2.12. The van der Waals surface area contributed by atoms with Crippen molar-refractivity contribution in [2.24, 2.45) is 5.10 Å². The molecule has 2 aromatic carbocycles. The summed E-state index contributed by atoms with van der Waals surface area (Å²) in [5.41, 5.74) is 3.96. The molecule has 1 heterocycles. The molecule has 2 aromatic rings. The number of carbonyl (C=O) groups is 2. The van der Waals surface area contributed by atoms with Crippen LogP contribution in [0.4, 0.5) is 0 Å². The second-order valence-corrected chi connectivity index (χ2v) is 7.61. The van der Waals surface area contributed by atoms with Crippen molar-refractivity contribution >= 4 is 18.0 Å². The van der Waals surface area contributed by atoms with Crippen LogP contribution in [0.2, 0.25) is 0 Å². The smallest absolute Gasteiger partial charge is 0.257 e. The van der Waals surface area contributed by atoms with E-state index in [1.54, 1.807) is 36.4 Å². The molecule has 170 valence electrons. The number of carbonyl (C=O) groups excluding carboxylic acids is 2. The molecule has 0 spiro atoms. The summed E-state index contributed by atoms with van der Waals surface area (Å²) in [4.78, 5) is 27.1. The van der Waals surface area contributed by atoms with Crippen molar-refractivity contribution < 1.29 is 19.4 Å². The van der Waals surface area contributed by atoms with Crippen molar-refractivity contribution in [3.05, 3.63) is 65.7 Å². The van der Waals surface area contributed by atoms with E-state index < -0.39 is 0 Å². The van der Waals surface area contributed by atoms with E-state index in [9.17, 15) is 14.7 Å². The maximum atomic E-state index is 12.8. The zero-order chi connectivity index (χ0) is 22.6. The topological polar surface area (TPSA) is 103 Å². The molecule has 1 fully saturated rings. The first-order valence-electron chi connectivity index (χ1n) is 10.9. The summed E-state index contributed by atoms with van der Waals surface area (Å²) >= 11 is 0. The van der Waals surface area contributed by atoms with E-state index in [0.717, 1.165) is 12.8 Å². The number of hydrogen-bond acceptors (Lipinski definition) is 6. The van der Waals surface area contributed by atoms with Gasteiger partial charge in [0.15, 0.2) is 0 Å². The number of benzene rings is 2. The number of unbranched alkanes of at least 4 members (excludes halogenated alkanes) is 1. The van der Waals surface area contributed by atoms with Crippen LogP contribution in [-0.2, 0) is 9.53 Å². The molecule has 0 aliphatic carbocycles. The van der Waals surface area contributed by atoms with Gasteiger partial charge in [0, 0.05) is 25.2 Å². The lowest BCUT2D eigenvalue weighted by molar-refractivity contribution is -0.128. The predicted molar refractivity (Wildman–Crippen MR) is 123 cm³/mol. The van der Waals surface area contributed by atoms with Crippen molar-refractivity contribution in [3.8, 4) is 5.75 Å². The number of nitrogens with zero attached hydrogens (tertiary/aromatic N) is 2. The number of rotatable bonds is 10. The Bertz CT molecular complexity index is 898. The lowest BCUT2D eigenvalue weighted by Gasteiger charge is -2.33. The molecule has 8 nitrogen and oxygen atoms in total. The number of amides is 2. The molecule has 0 radical (unpaired) electrons. The SMILES string of the molecule is O=C(NCCCCC(C(=O)NN=Cc1cccc(O)c1)N1CCOCC1)c1ccccc1. The fraction of sp³-hybridized carbons (Fsp3) is 0.375. The third kappa shape index (κ3) is 7.47. The standard InChI is InChI=1S/C24H30N4O4/c29-21-10-6-7-19(17-21)18-26-27-24(31)22(28-13-15-32-16-14-28)11-4-5-12-25-23(30)20-8-2-1-3-9-20/h1-3,6-10,17-18,22,29H,4-5,11-16H2,(H,25,30)(H,27,31). The number of ether oxygens (including phenoxy) is 1. The van der Waals surface area contributed by atoms with Crippen molar-refractivity contribution in [1.29, 1.82) is 0 Å². The van der Waals surface area contributed by atoms with Gasteiger partial charge in [-0.3, -0.25) is 14.5 Å². The van der Waals surface area contributed by atoms with Crippen LogP contribution in [0.5, 0.6) is 5.75 Å². The van der Waals surface area contributed by atoms with E-state index in [2.05, 4.69) is 20.7 Å². The van der Waals surface area contributed by atoms with Crippen LogP contribution in [0.15, 0.2) is 59.7 Å². The molecule has 1 unspecified atom stereocenters. The van der Waals surface area contributed by atoms with Crippen LogP contribution >= 0.6 is 0 Å². The van der Waals surface area contributed by atoms with Gasteiger partial charge < -0.3 is 15.2 Å². The number of phenolic OH excluding ortho intramolecular Hbond substituents is 1. The molecule has 3 N–H and O–H groups in total. The first-order chi connectivity index (χ1) is 15.6. The highest BCUT2D eigenvalue weighted by atomic mass is 16.5. The molecule has 2 amide bonds. The van der Waals surface area contributed by atoms with Crippen LogP contribution in [0, 0.1) is 0 Å². The Morgan fingerprint density at radius 1 is 1.09 bits per heavy atom. The Labute approximate surface area is 188 Å². The number of aromatic hydroxyl groups is 1. The summed E-state index contributed by atoms with van der Waals surface area (Å²) in [6.45, 7) is 3.14. The van der Waals surface area contributed by atoms with Gasteiger partial charge in [0.05, 0.1) is 25.5 Å². The summed E-state index contributed by atoms with van der Waals surface area (Å²) in [7, 11) is 0. The average molecular weight is 439 g/mol. The minimum Gasteiger partial charge on any atom is -0.508 e. The molecule has 1 atom stereocenters. The molecule has 0 bridgehead atoms. The van der Waals surface area contributed by atoms with Gasteiger partial charge in [0.25, 0.3) is 11.8 Å². The zero-order valence-electron chi connectivity index (χ0n) is 18.1. The van der Waals surface area contributed by atoms with Crippen molar-refractivity contribution in [3.63, 3.8) is 0 Å². The molecule has 32 heavy (non-hydrogen) atoms. The van der Waals surface area contributed by atoms with E-state index in [4.69, 9.17) is 4.74 Å². The Balaban J connectivity index is 1.47. The van der Waals surface area contributed by atoms with E-state index in [1.807, 2.05) is 18.2 Å². The van der Waals surface area contributed by atoms with Crippen molar-refractivity contribution in [1.82, 2.24) is 15.6 Å². The number of hydrazone groups is 1. The summed E-state index contributed by atoms with van der Waals surface area (Å²) in [5.74, 6) is -0.114. The summed E-state index contributed by atoms with van der Waals surface area (Å²) in [6.07, 6.45) is 3.74. The van der Waals surface area contributed by atoms with Crippen LogP contribution in [0.3, 0.4) is 0 Å². The van der Waals surface area contributed by atoms with Crippen LogP contribution in [0.25, 0.3) is 0 Å². The number of phenols is 1. The fourth-order valence-electron chi connectivity index (χ4n) is 3.57. The van der Waals surface area contributed by atoms with Crippen LogP contribution in [0.1, 0.15) is 35.2 Å². The monoisotopic (exact) mass is 438 g/mol. The lowest BCUT2D eigenvalue weighted by atomic mass is 10.1. The van der Waals surface area contributed by atoms with Gasteiger partial charge in [-0.15, -0.1) is 0 Å². The van der Waals surface area contributed by atoms with E-state index in [-0.39, 0.29) is 23.6 Å². The molecule has 1 aliphatic heterocycles. The third-order valence-electron chi connectivity index (χ3n) is 5.27. The van der Waals surface area contributed by atoms with Crippen LogP contribution in [-0.4, -0.2) is 66.9 Å². The Morgan fingerprint density at radius 3 is 2.62 bits per heavy atom. The minimum atomic E-state index is -0.315. The predicted octanol–water partition coefficient (Wildman–Crippen LogP) is 2.14. The molecular weight excluding hydrogens is 408 g/mol. The molecule has 1 saturated heterocycles. The van der Waals surface area contributed by atoms with E-state index in [0.29, 0.717) is 50.4 Å². The first kappa shape index (κ1) is 23.4. The number of hydrogen-bond donors (Lipinski definition) is 3. The second kappa shape index (κ2) is 12.6. The van der Waals surface area contributed by atoms with Gasteiger partial charge in [-0.1, -0.05) is 30.3 Å². The molecule has 8 heteroatoms. The zero-order valence-corrected chi connectivity index (χ0v) is 18.1. The van der Waals surface area contributed by atoms with Gasteiger partial charge in [0.2, 0.25) is 0 Å². The van der Waals surface area contributed by atoms with Gasteiger partial charge in [-0.05, 0) is 49.1 Å². The van der Waals surface area contributed by atoms with Gasteiger partial charge >= 0.3 is 0 Å². The van der Waals surface area contributed by atoms with Crippen LogP contribution < -0.4 is 10.7 Å². The number of morpholine rings is 1. The third-order valence-corrected chi connectivity index (χ3v) is 5.27. The Kier molecular flexibility index (Phi) is 9.21. The summed E-state index contributed by atoms with van der Waals surface area (Å²) < 4.78 is 5.42. The van der Waals surface area contributed by atoms with Gasteiger partial charge in [0.1, 0.15) is 5.75 Å². The molecule has 0 saturated carbocycles. The first-order valence-corrected chi connectivity index (χ1v) is 10.9. The largest absolute Gasteiger partial charge is 0.508 e. The molecule has 3 rings (SSSR count). The quantitative estimate of drug-likeness (QED) is 0.300. The molecule has 1 aliphatic rings. The van der Waals surface area contributed by atoms with E-state index in [1.165, 1.54) is 6.21 Å². The van der Waals surface area contributed by atoms with E-state index >= 15 is 0 Å². The maximum Gasteiger partial charge on any atom is 0.257 e. The summed E-state index contributed by atoms with van der Waals surface area (Å²) in [5, 5.41) is 16.5. The molecular formula is C24H30N4O4. The van der Waals surface area contributed by atoms with Gasteiger partial charge in [-0.2, -0.15) is 5.10 Å². The highest BCUT2D eigenvalue weighted by molar-refractivity contribution is 5.94. The molecule has 0 aromatic heterocycles. The fourth-order valence-corrected chi connectivity index (χ4v) is 3.57. The highest BCUT2D eigenvalue weighted by Gasteiger charge is 2.26. The Morgan fingerprint density at radius 2 is 1.88 bits per heavy atom. The van der Waals surface area contributed by atoms with Gasteiger partial charge in [-0.25, -0.2) is 5.43 Å². The lowest BCUT2D eigenvalue weighted by Crippen LogP contribution is -2.50. The average Bonchev–Trinajstić information content (AvgIpc) is 2.82. The maximum absolute atomic E-state index is 12.8. The number of nitrogens with one attached hydrogen (secondary N) is 2. The van der Waals surface area contributed by atoms with Crippen molar-refractivity contribution in [2.75, 3.05) is 32.8 Å². The summed E-state index contributed by atoms with van der Waals surface area (Å²) in [6, 6.07) is 15.4. The van der Waals surface area contributed by atoms with Crippen molar-refractivity contribution in [2.45, 2.75) is 25.3 Å². The normalized spacial score (nSPS) is 15.4. The Hall–Kier alpha value is -3.23.